The van der Waals surface area contributed by atoms with Gasteiger partial charge in [0.25, 0.3) is 0 Å². The number of Topliss-reactive ketones (excluding diaryl/α,β-unsaturated/α-hetero) is 1. The largest absolute Gasteiger partial charge is 0.444 e. The van der Waals surface area contributed by atoms with Crippen LogP contribution in [0.25, 0.3) is 0 Å². The molecular formula is C26H32F6N2O5. The highest BCUT2D eigenvalue weighted by Crippen LogP contribution is 2.36. The molecule has 13 heteroatoms. The average molecular weight is 567 g/mol. The Balaban J connectivity index is 1.58. The summed E-state index contributed by atoms with van der Waals surface area (Å²) < 4.78 is 83.9. The molecule has 7 nitrogen and oxygen atoms in total. The number of ether oxygens (including phenoxy) is 1. The molecule has 0 bridgehead atoms. The Labute approximate surface area is 222 Å². The zero-order valence-electron chi connectivity index (χ0n) is 21.9. The summed E-state index contributed by atoms with van der Waals surface area (Å²) in [6, 6.07) is 0.243. The molecule has 0 spiro atoms. The molecule has 2 aliphatic heterocycles. The van der Waals surface area contributed by atoms with Crippen molar-refractivity contribution in [2.45, 2.75) is 83.0 Å². The number of piperidine rings is 1. The Bertz CT molecular complexity index is 1040. The molecule has 2 aliphatic rings. The minimum Gasteiger partial charge on any atom is -0.444 e. The number of likely N-dealkylation sites (tertiary alicyclic amines) is 2. The third-order valence-electron chi connectivity index (χ3n) is 6.68. The number of benzene rings is 1. The maximum absolute atomic E-state index is 13.1. The number of alkyl halides is 6. The predicted molar refractivity (Wildman–Crippen MR) is 126 cm³/mol. The van der Waals surface area contributed by atoms with Crippen LogP contribution in [0.1, 0.15) is 63.1 Å². The number of aliphatic hydroxyl groups is 1. The lowest BCUT2D eigenvalue weighted by Crippen LogP contribution is -2.51. The molecule has 0 unspecified atom stereocenters. The maximum atomic E-state index is 13.1. The van der Waals surface area contributed by atoms with Crippen molar-refractivity contribution >= 4 is 17.8 Å². The van der Waals surface area contributed by atoms with Crippen LogP contribution in [0.5, 0.6) is 0 Å². The number of carbonyl (C=O) groups is 3. The second-order valence-corrected chi connectivity index (χ2v) is 11.1. The molecule has 2 amide bonds. The van der Waals surface area contributed by atoms with Crippen molar-refractivity contribution in [3.63, 3.8) is 0 Å². The molecule has 3 rings (SSSR count). The van der Waals surface area contributed by atoms with E-state index < -0.39 is 59.5 Å². The monoisotopic (exact) mass is 566 g/mol. The number of ketones is 1. The standard InChI is InChI=1S/C26H32F6N2O5/c1-24(2,3)39-23(38)34-14-20(36)13-21(34)22(37)33-6-4-15(5-7-33)10-19(35)11-16-8-17(25(27,28)29)12-18(9-16)26(30,31)32/h8-9,12,15,20-21,36H,4-7,10-11,13-14H2,1-3H3/t20-,21+/m1/s1. The average Bonchev–Trinajstić information content (AvgIpc) is 3.18. The Hall–Kier alpha value is -2.83. The molecule has 0 aliphatic carbocycles. The minimum atomic E-state index is -4.99. The Morgan fingerprint density at radius 3 is 1.97 bits per heavy atom. The van der Waals surface area contributed by atoms with Gasteiger partial charge in [0.05, 0.1) is 23.8 Å². The van der Waals surface area contributed by atoms with Gasteiger partial charge in [-0.15, -0.1) is 0 Å². The van der Waals surface area contributed by atoms with Crippen LogP contribution in [0, 0.1) is 5.92 Å². The number of carbonyl (C=O) groups excluding carboxylic acids is 3. The maximum Gasteiger partial charge on any atom is 0.416 e. The van der Waals surface area contributed by atoms with Crippen LogP contribution in [0.4, 0.5) is 31.1 Å². The van der Waals surface area contributed by atoms with E-state index in [1.165, 1.54) is 9.80 Å². The Morgan fingerprint density at radius 2 is 1.49 bits per heavy atom. The van der Waals surface area contributed by atoms with Gasteiger partial charge in [-0.2, -0.15) is 26.3 Å². The smallest absolute Gasteiger partial charge is 0.416 e. The number of amides is 2. The van der Waals surface area contributed by atoms with Crippen LogP contribution in [0.15, 0.2) is 18.2 Å². The van der Waals surface area contributed by atoms with Crippen LogP contribution >= 0.6 is 0 Å². The molecular weight excluding hydrogens is 534 g/mol. The van der Waals surface area contributed by atoms with E-state index in [1.807, 2.05) is 0 Å². The molecule has 2 atom stereocenters. The van der Waals surface area contributed by atoms with Crippen LogP contribution in [-0.4, -0.2) is 70.1 Å². The fraction of sp³-hybridized carbons (Fsp3) is 0.654. The van der Waals surface area contributed by atoms with E-state index in [-0.39, 0.29) is 55.9 Å². The Kier molecular flexibility index (Phi) is 8.93. The summed E-state index contributed by atoms with van der Waals surface area (Å²) in [6.45, 7) is 5.52. The summed E-state index contributed by atoms with van der Waals surface area (Å²) in [5.41, 5.74) is -4.09. The first kappa shape index (κ1) is 30.7. The summed E-state index contributed by atoms with van der Waals surface area (Å²) in [4.78, 5) is 41.0. The molecule has 2 saturated heterocycles. The van der Waals surface area contributed by atoms with Gasteiger partial charge in [0.1, 0.15) is 17.4 Å². The summed E-state index contributed by atoms with van der Waals surface area (Å²) in [7, 11) is 0. The fourth-order valence-electron chi connectivity index (χ4n) is 4.88. The second kappa shape index (κ2) is 11.3. The van der Waals surface area contributed by atoms with E-state index in [9.17, 15) is 45.8 Å². The van der Waals surface area contributed by atoms with Crippen molar-refractivity contribution in [3.8, 4) is 0 Å². The van der Waals surface area contributed by atoms with Gasteiger partial charge in [0.2, 0.25) is 5.91 Å². The van der Waals surface area contributed by atoms with Crippen molar-refractivity contribution in [3.05, 3.63) is 34.9 Å². The first-order chi connectivity index (χ1) is 17.8. The normalized spacial score (nSPS) is 21.3. The number of rotatable bonds is 5. The first-order valence-electron chi connectivity index (χ1n) is 12.6. The van der Waals surface area contributed by atoms with Crippen molar-refractivity contribution in [2.75, 3.05) is 19.6 Å². The van der Waals surface area contributed by atoms with Gasteiger partial charge in [-0.3, -0.25) is 14.5 Å². The highest BCUT2D eigenvalue weighted by atomic mass is 19.4. The van der Waals surface area contributed by atoms with Crippen LogP contribution in [-0.2, 0) is 33.1 Å². The zero-order valence-corrected chi connectivity index (χ0v) is 21.9. The van der Waals surface area contributed by atoms with Crippen molar-refractivity contribution in [1.29, 1.82) is 0 Å². The Morgan fingerprint density at radius 1 is 0.949 bits per heavy atom. The highest BCUT2D eigenvalue weighted by Gasteiger charge is 2.43. The van der Waals surface area contributed by atoms with Crippen molar-refractivity contribution in [2.24, 2.45) is 5.92 Å². The summed E-state index contributed by atoms with van der Waals surface area (Å²) in [5, 5.41) is 10.1. The van der Waals surface area contributed by atoms with Gasteiger partial charge in [0, 0.05) is 32.4 Å². The van der Waals surface area contributed by atoms with E-state index >= 15 is 0 Å². The second-order valence-electron chi connectivity index (χ2n) is 11.1. The highest BCUT2D eigenvalue weighted by molar-refractivity contribution is 5.86. The van der Waals surface area contributed by atoms with E-state index in [0.29, 0.717) is 25.0 Å². The van der Waals surface area contributed by atoms with E-state index in [4.69, 9.17) is 4.74 Å². The van der Waals surface area contributed by atoms with Gasteiger partial charge in [0.15, 0.2) is 0 Å². The third-order valence-corrected chi connectivity index (χ3v) is 6.68. The van der Waals surface area contributed by atoms with Crippen LogP contribution in [0.3, 0.4) is 0 Å². The summed E-state index contributed by atoms with van der Waals surface area (Å²) in [6.07, 6.45) is -11.3. The topological polar surface area (TPSA) is 87.2 Å². The first-order valence-corrected chi connectivity index (χ1v) is 12.6. The van der Waals surface area contributed by atoms with Crippen molar-refractivity contribution in [1.82, 2.24) is 9.80 Å². The van der Waals surface area contributed by atoms with Gasteiger partial charge < -0.3 is 14.7 Å². The summed E-state index contributed by atoms with van der Waals surface area (Å²) in [5.74, 6) is -1.06. The number of halogens is 6. The number of nitrogens with zero attached hydrogens (tertiary/aromatic N) is 2. The quantitative estimate of drug-likeness (QED) is 0.516. The van der Waals surface area contributed by atoms with Gasteiger partial charge in [-0.1, -0.05) is 0 Å². The zero-order chi connectivity index (χ0) is 29.3. The lowest BCUT2D eigenvalue weighted by Gasteiger charge is -2.35. The number of hydrogen-bond donors (Lipinski definition) is 1. The third kappa shape index (κ3) is 8.33. The van der Waals surface area contributed by atoms with E-state index in [2.05, 4.69) is 0 Å². The number of aliphatic hydroxyl groups excluding tert-OH is 1. The van der Waals surface area contributed by atoms with E-state index in [0.717, 1.165) is 0 Å². The number of hydrogen-bond acceptors (Lipinski definition) is 5. The lowest BCUT2D eigenvalue weighted by molar-refractivity contribution is -0.143. The molecule has 2 fully saturated rings. The molecule has 0 radical (unpaired) electrons. The van der Waals surface area contributed by atoms with Gasteiger partial charge in [-0.05, 0) is 63.3 Å². The van der Waals surface area contributed by atoms with Gasteiger partial charge >= 0.3 is 18.4 Å². The molecule has 218 valence electrons. The SMILES string of the molecule is CC(C)(C)OC(=O)N1C[C@H](O)C[C@H]1C(=O)N1CCC(CC(=O)Cc2cc(C(F)(F)F)cc(C(F)(F)F)c2)CC1. The lowest BCUT2D eigenvalue weighted by atomic mass is 9.89. The molecule has 1 aromatic carbocycles. The molecule has 2 heterocycles. The molecule has 0 aromatic heterocycles. The van der Waals surface area contributed by atoms with Crippen LogP contribution < -0.4 is 0 Å². The minimum absolute atomic E-state index is 0.0218. The van der Waals surface area contributed by atoms with Gasteiger partial charge in [-0.25, -0.2) is 4.79 Å². The fourth-order valence-corrected chi connectivity index (χ4v) is 4.88. The molecule has 1 N–H and O–H groups in total. The molecule has 1 aromatic rings. The van der Waals surface area contributed by atoms with Crippen molar-refractivity contribution < 1.29 is 50.6 Å². The molecule has 39 heavy (non-hydrogen) atoms. The number of β-amino-alcohol motifs (C(OH)–C–C–N with tert-alkyl or cyclic N) is 1. The predicted octanol–water partition coefficient (Wildman–Crippen LogP) is 4.83. The van der Waals surface area contributed by atoms with Crippen LogP contribution in [0.2, 0.25) is 0 Å². The summed E-state index contributed by atoms with van der Waals surface area (Å²) >= 11 is 0. The van der Waals surface area contributed by atoms with E-state index in [1.54, 1.807) is 20.8 Å². The molecule has 0 saturated carbocycles.